The highest BCUT2D eigenvalue weighted by atomic mass is 79.9. The van der Waals surface area contributed by atoms with E-state index in [-0.39, 0.29) is 0 Å². The van der Waals surface area contributed by atoms with E-state index in [9.17, 15) is 0 Å². The fraction of sp³-hybridized carbons (Fsp3) is 0.600. The maximum Gasteiger partial charge on any atom is 0.0410 e. The van der Waals surface area contributed by atoms with Gasteiger partial charge in [-0.25, -0.2) is 0 Å². The van der Waals surface area contributed by atoms with Crippen LogP contribution in [0.4, 0.5) is 0 Å². The Morgan fingerprint density at radius 2 is 2.26 bits per heavy atom. The van der Waals surface area contributed by atoms with Crippen LogP contribution in [0.3, 0.4) is 0 Å². The summed E-state index contributed by atoms with van der Waals surface area (Å²) < 4.78 is 1.16. The SMILES string of the molecule is CNCCC1CCCCN1Cc1cc(Cl)ccc1Br. The van der Waals surface area contributed by atoms with Crippen molar-refractivity contribution in [2.24, 2.45) is 0 Å². The Kier molecular flexibility index (Phi) is 6.14. The zero-order valence-corrected chi connectivity index (χ0v) is 13.8. The summed E-state index contributed by atoms with van der Waals surface area (Å²) >= 11 is 9.74. The predicted octanol–water partition coefficient (Wildman–Crippen LogP) is 4.07. The predicted molar refractivity (Wildman–Crippen MR) is 85.7 cm³/mol. The molecule has 4 heteroatoms. The van der Waals surface area contributed by atoms with Gasteiger partial charge in [-0.2, -0.15) is 0 Å². The minimum absolute atomic E-state index is 0.701. The summed E-state index contributed by atoms with van der Waals surface area (Å²) in [6, 6.07) is 6.76. The molecule has 1 N–H and O–H groups in total. The van der Waals surface area contributed by atoms with Gasteiger partial charge in [0.05, 0.1) is 0 Å². The van der Waals surface area contributed by atoms with Crippen molar-refractivity contribution in [2.45, 2.75) is 38.3 Å². The fourth-order valence-corrected chi connectivity index (χ4v) is 3.36. The van der Waals surface area contributed by atoms with Crippen LogP contribution in [-0.2, 0) is 6.54 Å². The highest BCUT2D eigenvalue weighted by Gasteiger charge is 2.22. The Morgan fingerprint density at radius 3 is 3.05 bits per heavy atom. The smallest absolute Gasteiger partial charge is 0.0410 e. The van der Waals surface area contributed by atoms with E-state index in [0.29, 0.717) is 6.04 Å². The molecule has 1 atom stereocenters. The molecule has 1 aromatic carbocycles. The molecule has 0 aliphatic carbocycles. The van der Waals surface area contributed by atoms with Crippen LogP contribution in [0.15, 0.2) is 22.7 Å². The van der Waals surface area contributed by atoms with Crippen LogP contribution in [0.5, 0.6) is 0 Å². The van der Waals surface area contributed by atoms with Crippen LogP contribution in [0, 0.1) is 0 Å². The van der Waals surface area contributed by atoms with Crippen molar-refractivity contribution < 1.29 is 0 Å². The molecule has 1 saturated heterocycles. The first-order chi connectivity index (χ1) is 9.20. The molecule has 1 unspecified atom stereocenters. The lowest BCUT2D eigenvalue weighted by atomic mass is 9.98. The lowest BCUT2D eigenvalue weighted by Crippen LogP contribution is -2.40. The third-order valence-corrected chi connectivity index (χ3v) is 4.87. The largest absolute Gasteiger partial charge is 0.320 e. The van der Waals surface area contributed by atoms with Gasteiger partial charge in [0.15, 0.2) is 0 Å². The van der Waals surface area contributed by atoms with Crippen LogP contribution >= 0.6 is 27.5 Å². The summed E-state index contributed by atoms with van der Waals surface area (Å²) in [5, 5.41) is 4.08. The van der Waals surface area contributed by atoms with E-state index in [1.54, 1.807) is 0 Å². The first-order valence-electron chi connectivity index (χ1n) is 7.03. The lowest BCUT2D eigenvalue weighted by Gasteiger charge is -2.36. The average molecular weight is 346 g/mol. The van der Waals surface area contributed by atoms with Gasteiger partial charge in [0.25, 0.3) is 0 Å². The molecular formula is C15H22BrClN2. The number of likely N-dealkylation sites (tertiary alicyclic amines) is 1. The average Bonchev–Trinajstić information content (AvgIpc) is 2.42. The second kappa shape index (κ2) is 7.63. The van der Waals surface area contributed by atoms with Crippen molar-refractivity contribution in [1.29, 1.82) is 0 Å². The highest BCUT2D eigenvalue weighted by Crippen LogP contribution is 2.26. The molecular weight excluding hydrogens is 324 g/mol. The Morgan fingerprint density at radius 1 is 1.42 bits per heavy atom. The third-order valence-electron chi connectivity index (χ3n) is 3.86. The van der Waals surface area contributed by atoms with Crippen molar-refractivity contribution >= 4 is 27.5 Å². The fourth-order valence-electron chi connectivity index (χ4n) is 2.79. The maximum atomic E-state index is 6.11. The van der Waals surface area contributed by atoms with Crippen LogP contribution in [0.2, 0.25) is 5.02 Å². The van der Waals surface area contributed by atoms with Crippen molar-refractivity contribution in [3.05, 3.63) is 33.3 Å². The zero-order chi connectivity index (χ0) is 13.7. The van der Waals surface area contributed by atoms with Gasteiger partial charge in [-0.15, -0.1) is 0 Å². The number of halogens is 2. The minimum Gasteiger partial charge on any atom is -0.320 e. The van der Waals surface area contributed by atoms with E-state index in [0.717, 1.165) is 22.6 Å². The minimum atomic E-state index is 0.701. The Labute approximate surface area is 129 Å². The Balaban J connectivity index is 2.04. The lowest BCUT2D eigenvalue weighted by molar-refractivity contribution is 0.132. The molecule has 2 rings (SSSR count). The van der Waals surface area contributed by atoms with Gasteiger partial charge in [-0.05, 0) is 63.2 Å². The molecule has 0 radical (unpaired) electrons. The van der Waals surface area contributed by atoms with Gasteiger partial charge in [-0.3, -0.25) is 4.90 Å². The summed E-state index contributed by atoms with van der Waals surface area (Å²) in [4.78, 5) is 2.61. The van der Waals surface area contributed by atoms with E-state index in [2.05, 4.69) is 32.2 Å². The topological polar surface area (TPSA) is 15.3 Å². The molecule has 2 nitrogen and oxygen atoms in total. The van der Waals surface area contributed by atoms with Gasteiger partial charge in [0.2, 0.25) is 0 Å². The van der Waals surface area contributed by atoms with E-state index >= 15 is 0 Å². The molecule has 0 aromatic heterocycles. The molecule has 0 bridgehead atoms. The number of nitrogens with zero attached hydrogens (tertiary/aromatic N) is 1. The standard InChI is InChI=1S/C15H22BrClN2/c1-18-8-7-14-4-2-3-9-19(14)11-12-10-13(17)5-6-15(12)16/h5-6,10,14,18H,2-4,7-9,11H2,1H3. The number of hydrogen-bond acceptors (Lipinski definition) is 2. The highest BCUT2D eigenvalue weighted by molar-refractivity contribution is 9.10. The molecule has 19 heavy (non-hydrogen) atoms. The van der Waals surface area contributed by atoms with Gasteiger partial charge >= 0.3 is 0 Å². The van der Waals surface area contributed by atoms with Gasteiger partial charge in [0.1, 0.15) is 0 Å². The first kappa shape index (κ1) is 15.3. The van der Waals surface area contributed by atoms with Gasteiger partial charge in [-0.1, -0.05) is 34.0 Å². The monoisotopic (exact) mass is 344 g/mol. The molecule has 1 fully saturated rings. The van der Waals surface area contributed by atoms with Gasteiger partial charge < -0.3 is 5.32 Å². The Hall–Kier alpha value is -0.0900. The van der Waals surface area contributed by atoms with Crippen LogP contribution in [-0.4, -0.2) is 31.1 Å². The summed E-state index contributed by atoms with van der Waals surface area (Å²) in [5.74, 6) is 0. The molecule has 106 valence electrons. The number of piperidine rings is 1. The van der Waals surface area contributed by atoms with E-state index in [1.807, 2.05) is 19.2 Å². The van der Waals surface area contributed by atoms with Crippen molar-refractivity contribution in [2.75, 3.05) is 20.1 Å². The first-order valence-corrected chi connectivity index (χ1v) is 8.20. The molecule has 1 heterocycles. The summed E-state index contributed by atoms with van der Waals surface area (Å²) in [7, 11) is 2.03. The molecule has 0 amide bonds. The molecule has 1 aliphatic heterocycles. The molecule has 1 aromatic rings. The van der Waals surface area contributed by atoms with Crippen molar-refractivity contribution in [1.82, 2.24) is 10.2 Å². The van der Waals surface area contributed by atoms with Crippen molar-refractivity contribution in [3.8, 4) is 0 Å². The zero-order valence-electron chi connectivity index (χ0n) is 11.5. The maximum absolute atomic E-state index is 6.11. The second-order valence-corrected chi connectivity index (χ2v) is 6.54. The number of nitrogens with one attached hydrogen (secondary N) is 1. The number of rotatable bonds is 5. The third kappa shape index (κ3) is 4.45. The molecule has 0 saturated carbocycles. The van der Waals surface area contributed by atoms with Gasteiger partial charge in [0, 0.05) is 22.1 Å². The quantitative estimate of drug-likeness (QED) is 0.865. The van der Waals surface area contributed by atoms with E-state index < -0.39 is 0 Å². The van der Waals surface area contributed by atoms with E-state index in [1.165, 1.54) is 37.8 Å². The summed E-state index contributed by atoms with van der Waals surface area (Å²) in [5.41, 5.74) is 1.30. The number of hydrogen-bond donors (Lipinski definition) is 1. The van der Waals surface area contributed by atoms with Crippen LogP contribution < -0.4 is 5.32 Å². The normalized spacial score (nSPS) is 20.7. The summed E-state index contributed by atoms with van der Waals surface area (Å²) in [6.07, 6.45) is 5.23. The summed E-state index contributed by atoms with van der Waals surface area (Å²) in [6.45, 7) is 3.29. The molecule has 1 aliphatic rings. The van der Waals surface area contributed by atoms with Crippen LogP contribution in [0.1, 0.15) is 31.2 Å². The second-order valence-electron chi connectivity index (χ2n) is 5.25. The van der Waals surface area contributed by atoms with Crippen LogP contribution in [0.25, 0.3) is 0 Å². The Bertz CT molecular complexity index is 411. The number of benzene rings is 1. The molecule has 0 spiro atoms. The van der Waals surface area contributed by atoms with E-state index in [4.69, 9.17) is 11.6 Å². The van der Waals surface area contributed by atoms with Crippen molar-refractivity contribution in [3.63, 3.8) is 0 Å².